The molecule has 0 aromatic heterocycles. The van der Waals surface area contributed by atoms with Gasteiger partial charge >= 0.3 is 5.97 Å². The summed E-state index contributed by atoms with van der Waals surface area (Å²) in [5.41, 5.74) is 1.05. The lowest BCUT2D eigenvalue weighted by Gasteiger charge is -2.08. The van der Waals surface area contributed by atoms with Gasteiger partial charge in [-0.15, -0.1) is 11.8 Å². The number of thioether (sulfide) groups is 1. The van der Waals surface area contributed by atoms with Crippen LogP contribution in [0.25, 0.3) is 0 Å². The first-order chi connectivity index (χ1) is 10.0. The summed E-state index contributed by atoms with van der Waals surface area (Å²) < 4.78 is 4.70. The van der Waals surface area contributed by atoms with Gasteiger partial charge in [-0.1, -0.05) is 6.07 Å². The summed E-state index contributed by atoms with van der Waals surface area (Å²) in [6.07, 6.45) is 0. The highest BCUT2D eigenvalue weighted by Crippen LogP contribution is 2.15. The molecule has 0 radical (unpaired) electrons. The zero-order valence-corrected chi connectivity index (χ0v) is 12.2. The molecule has 3 N–H and O–H groups in total. The van der Waals surface area contributed by atoms with Crippen LogP contribution in [0.2, 0.25) is 0 Å². The van der Waals surface area contributed by atoms with Crippen molar-refractivity contribution in [3.63, 3.8) is 0 Å². The van der Waals surface area contributed by atoms with Gasteiger partial charge in [0.15, 0.2) is 0 Å². The first-order valence-corrected chi connectivity index (χ1v) is 7.15. The van der Waals surface area contributed by atoms with Crippen LogP contribution in [0.3, 0.4) is 0 Å². The highest BCUT2D eigenvalue weighted by atomic mass is 32.2. The molecule has 0 heterocycles. The summed E-state index contributed by atoms with van der Waals surface area (Å²) in [5.74, 6) is -1.64. The molecule has 1 aromatic carbocycles. The summed E-state index contributed by atoms with van der Waals surface area (Å²) in [6, 6.07) is 6.64. The summed E-state index contributed by atoms with van der Waals surface area (Å²) in [4.78, 5) is 33.3. The number of methoxy groups -OCH3 is 1. The number of carbonyl (C=O) groups is 3. The maximum atomic E-state index is 11.6. The Bertz CT molecular complexity index is 521. The molecular weight excluding hydrogens is 296 g/mol. The number of carboxylic acids is 1. The number of benzene rings is 1. The van der Waals surface area contributed by atoms with Gasteiger partial charge in [0.05, 0.1) is 11.5 Å². The minimum Gasteiger partial charge on any atom is -0.481 e. The highest BCUT2D eigenvalue weighted by molar-refractivity contribution is 8.00. The van der Waals surface area contributed by atoms with E-state index in [4.69, 9.17) is 9.84 Å². The summed E-state index contributed by atoms with van der Waals surface area (Å²) in [6.45, 7) is -0.0532. The molecule has 21 heavy (non-hydrogen) atoms. The van der Waals surface area contributed by atoms with Crippen molar-refractivity contribution >= 4 is 40.9 Å². The Balaban J connectivity index is 2.50. The van der Waals surface area contributed by atoms with E-state index in [0.29, 0.717) is 11.4 Å². The van der Waals surface area contributed by atoms with E-state index >= 15 is 0 Å². The molecule has 0 aliphatic heterocycles. The van der Waals surface area contributed by atoms with Gasteiger partial charge in [-0.2, -0.15) is 0 Å². The second kappa shape index (κ2) is 8.98. The SMILES string of the molecule is COCC(=O)Nc1cccc(NC(=O)CSCC(=O)O)c1. The number of carbonyl (C=O) groups excluding carboxylic acids is 2. The quantitative estimate of drug-likeness (QED) is 0.662. The van der Waals surface area contributed by atoms with Gasteiger partial charge in [0.2, 0.25) is 11.8 Å². The van der Waals surface area contributed by atoms with Crippen molar-refractivity contribution in [2.24, 2.45) is 0 Å². The maximum Gasteiger partial charge on any atom is 0.313 e. The minimum absolute atomic E-state index is 0.0482. The van der Waals surface area contributed by atoms with E-state index in [0.717, 1.165) is 11.8 Å². The summed E-state index contributed by atoms with van der Waals surface area (Å²) in [5, 5.41) is 13.7. The first kappa shape index (κ1) is 17.0. The zero-order valence-electron chi connectivity index (χ0n) is 11.4. The fourth-order valence-electron chi connectivity index (χ4n) is 1.43. The average Bonchev–Trinajstić information content (AvgIpc) is 2.38. The number of amides is 2. The van der Waals surface area contributed by atoms with Crippen molar-refractivity contribution in [2.45, 2.75) is 0 Å². The predicted molar refractivity (Wildman–Crippen MR) is 80.5 cm³/mol. The second-order valence-corrected chi connectivity index (χ2v) is 4.98. The molecule has 0 spiro atoms. The van der Waals surface area contributed by atoms with Crippen molar-refractivity contribution in [2.75, 3.05) is 35.9 Å². The molecule has 0 saturated heterocycles. The lowest BCUT2D eigenvalue weighted by atomic mass is 10.2. The van der Waals surface area contributed by atoms with Gasteiger partial charge in [0, 0.05) is 18.5 Å². The van der Waals surface area contributed by atoms with Crippen LogP contribution < -0.4 is 10.6 Å². The molecule has 0 atom stereocenters. The minimum atomic E-state index is -0.962. The topological polar surface area (TPSA) is 105 Å². The van der Waals surface area contributed by atoms with Gasteiger partial charge in [-0.3, -0.25) is 14.4 Å². The van der Waals surface area contributed by atoms with E-state index in [1.54, 1.807) is 24.3 Å². The average molecular weight is 312 g/mol. The van der Waals surface area contributed by atoms with E-state index in [9.17, 15) is 14.4 Å². The predicted octanol–water partition coefficient (Wildman–Crippen LogP) is 1.03. The van der Waals surface area contributed by atoms with Crippen molar-refractivity contribution in [1.82, 2.24) is 0 Å². The van der Waals surface area contributed by atoms with Crippen LogP contribution in [0.15, 0.2) is 24.3 Å². The van der Waals surface area contributed by atoms with Crippen LogP contribution in [-0.4, -0.2) is 48.1 Å². The normalized spacial score (nSPS) is 9.95. The summed E-state index contributed by atoms with van der Waals surface area (Å²) in [7, 11) is 1.42. The van der Waals surface area contributed by atoms with E-state index in [1.807, 2.05) is 0 Å². The van der Waals surface area contributed by atoms with Crippen molar-refractivity contribution < 1.29 is 24.2 Å². The Morgan fingerprint density at radius 3 is 2.33 bits per heavy atom. The van der Waals surface area contributed by atoms with Crippen LogP contribution >= 0.6 is 11.8 Å². The van der Waals surface area contributed by atoms with Crippen molar-refractivity contribution in [3.05, 3.63) is 24.3 Å². The number of nitrogens with one attached hydrogen (secondary N) is 2. The number of hydrogen-bond donors (Lipinski definition) is 3. The molecule has 7 nitrogen and oxygen atoms in total. The molecule has 114 valence electrons. The fraction of sp³-hybridized carbons (Fsp3) is 0.308. The lowest BCUT2D eigenvalue weighted by molar-refractivity contribution is -0.133. The van der Waals surface area contributed by atoms with Crippen LogP contribution in [-0.2, 0) is 19.1 Å². The van der Waals surface area contributed by atoms with Gasteiger partial charge in [0.25, 0.3) is 0 Å². The molecule has 8 heteroatoms. The Morgan fingerprint density at radius 1 is 1.14 bits per heavy atom. The van der Waals surface area contributed by atoms with E-state index in [1.165, 1.54) is 7.11 Å². The molecule has 0 bridgehead atoms. The van der Waals surface area contributed by atoms with Crippen LogP contribution in [0.5, 0.6) is 0 Å². The molecule has 0 fully saturated rings. The van der Waals surface area contributed by atoms with Crippen LogP contribution in [0, 0.1) is 0 Å². The molecule has 1 rings (SSSR count). The largest absolute Gasteiger partial charge is 0.481 e. The smallest absolute Gasteiger partial charge is 0.313 e. The van der Waals surface area contributed by atoms with E-state index < -0.39 is 5.97 Å². The van der Waals surface area contributed by atoms with Gasteiger partial charge < -0.3 is 20.5 Å². The number of ether oxygens (including phenoxy) is 1. The standard InChI is InChI=1S/C13H16N2O5S/c1-20-6-11(16)14-9-3-2-4-10(5-9)15-12(17)7-21-8-13(18)19/h2-5H,6-8H2,1H3,(H,14,16)(H,15,17)(H,18,19). The van der Waals surface area contributed by atoms with Crippen molar-refractivity contribution in [3.8, 4) is 0 Å². The molecule has 0 unspecified atom stereocenters. The Labute approximate surface area is 126 Å². The molecule has 0 aliphatic carbocycles. The van der Waals surface area contributed by atoms with E-state index in [-0.39, 0.29) is 29.9 Å². The third kappa shape index (κ3) is 7.33. The Kier molecular flexibility index (Phi) is 7.27. The molecule has 1 aromatic rings. The maximum absolute atomic E-state index is 11.6. The summed E-state index contributed by atoms with van der Waals surface area (Å²) >= 11 is 1.01. The number of anilines is 2. The van der Waals surface area contributed by atoms with Crippen molar-refractivity contribution in [1.29, 1.82) is 0 Å². The van der Waals surface area contributed by atoms with Crippen LogP contribution in [0.1, 0.15) is 0 Å². The number of carboxylic acid groups (broad SMARTS) is 1. The van der Waals surface area contributed by atoms with Gasteiger partial charge in [-0.25, -0.2) is 0 Å². The van der Waals surface area contributed by atoms with Gasteiger partial charge in [0.1, 0.15) is 6.61 Å². The number of rotatable bonds is 8. The Morgan fingerprint density at radius 2 is 1.76 bits per heavy atom. The fourth-order valence-corrected chi connectivity index (χ4v) is 1.97. The molecule has 0 aliphatic rings. The number of hydrogen-bond acceptors (Lipinski definition) is 5. The third-order valence-corrected chi connectivity index (χ3v) is 3.08. The Hall–Kier alpha value is -2.06. The van der Waals surface area contributed by atoms with E-state index in [2.05, 4.69) is 10.6 Å². The molecular formula is C13H16N2O5S. The second-order valence-electron chi connectivity index (χ2n) is 4.00. The third-order valence-electron chi connectivity index (χ3n) is 2.16. The lowest BCUT2D eigenvalue weighted by Crippen LogP contribution is -2.18. The first-order valence-electron chi connectivity index (χ1n) is 5.99. The number of aliphatic carboxylic acids is 1. The monoisotopic (exact) mass is 312 g/mol. The zero-order chi connectivity index (χ0) is 15.7. The highest BCUT2D eigenvalue weighted by Gasteiger charge is 2.06. The molecule has 2 amide bonds. The van der Waals surface area contributed by atoms with Crippen LogP contribution in [0.4, 0.5) is 11.4 Å². The molecule has 0 saturated carbocycles. The van der Waals surface area contributed by atoms with Gasteiger partial charge in [-0.05, 0) is 18.2 Å².